The van der Waals surface area contributed by atoms with Crippen molar-refractivity contribution < 1.29 is 37.3 Å². The molecule has 0 aliphatic heterocycles. The molecule has 0 aromatic carbocycles. The molecule has 0 radical (unpaired) electrons. The second kappa shape index (κ2) is 46.9. The van der Waals surface area contributed by atoms with E-state index in [1.165, 1.54) is 141 Å². The van der Waals surface area contributed by atoms with Crippen LogP contribution in [-0.4, -0.2) is 69.4 Å². The number of esters is 1. The Morgan fingerprint density at radius 1 is 0.545 bits per heavy atom. The van der Waals surface area contributed by atoms with E-state index in [9.17, 15) is 19.0 Å². The summed E-state index contributed by atoms with van der Waals surface area (Å²) in [7, 11) is 1.19. The van der Waals surface area contributed by atoms with Gasteiger partial charge in [-0.2, -0.15) is 0 Å². The molecule has 0 spiro atoms. The topological polar surface area (TPSA) is 114 Å². The van der Waals surface area contributed by atoms with E-state index in [1.54, 1.807) is 0 Å². The van der Waals surface area contributed by atoms with E-state index in [1.807, 2.05) is 33.3 Å². The van der Waals surface area contributed by atoms with E-state index in [0.29, 0.717) is 17.4 Å². The lowest BCUT2D eigenvalue weighted by atomic mass is 10.0. The SMILES string of the molecule is CC/C=C/C/C=C/CCCCCCCCCC(=O)OC(/C=C/CCCCCCCCCCC)C(COP(=O)([O-])OCC[N+](C)(C)C)NC(=O)CCCCCCCCCCCCCCCCC. The van der Waals surface area contributed by atoms with Gasteiger partial charge >= 0.3 is 5.97 Å². The zero-order valence-corrected chi connectivity index (χ0v) is 45.0. The van der Waals surface area contributed by atoms with Crippen molar-refractivity contribution in [2.24, 2.45) is 0 Å². The fourth-order valence-electron chi connectivity index (χ4n) is 8.03. The highest BCUT2D eigenvalue weighted by molar-refractivity contribution is 7.45. The Bertz CT molecular complexity index is 1230. The van der Waals surface area contributed by atoms with Gasteiger partial charge in [-0.1, -0.05) is 225 Å². The predicted octanol–water partition coefficient (Wildman–Crippen LogP) is 15.8. The van der Waals surface area contributed by atoms with Crippen LogP contribution in [-0.2, 0) is 27.9 Å². The number of unbranched alkanes of at least 4 members (excludes halogenated alkanes) is 30. The summed E-state index contributed by atoms with van der Waals surface area (Å²) in [5.74, 6) is -0.544. The summed E-state index contributed by atoms with van der Waals surface area (Å²) in [6.07, 6.45) is 53.9. The average Bonchev–Trinajstić information content (AvgIpc) is 3.27. The molecule has 0 saturated heterocycles. The molecule has 3 unspecified atom stereocenters. The molecule has 0 bridgehead atoms. The predicted molar refractivity (Wildman–Crippen MR) is 279 cm³/mol. The Kier molecular flexibility index (Phi) is 45.7. The van der Waals surface area contributed by atoms with E-state index in [2.05, 4.69) is 50.4 Å². The molecule has 0 saturated carbocycles. The van der Waals surface area contributed by atoms with Crippen LogP contribution in [0.5, 0.6) is 0 Å². The first-order valence-corrected chi connectivity index (χ1v) is 29.3. The summed E-state index contributed by atoms with van der Waals surface area (Å²) in [6.45, 7) is 6.74. The quantitative estimate of drug-likeness (QED) is 0.0212. The summed E-state index contributed by atoms with van der Waals surface area (Å²) < 4.78 is 30.2. The number of nitrogens with zero attached hydrogens (tertiary/aromatic N) is 1. The molecule has 1 amide bonds. The number of phosphoric acid groups is 1. The minimum Gasteiger partial charge on any atom is -0.756 e. The molecule has 388 valence electrons. The number of nitrogens with one attached hydrogen (secondary N) is 1. The van der Waals surface area contributed by atoms with Crippen molar-refractivity contribution >= 4 is 19.7 Å². The lowest BCUT2D eigenvalue weighted by Gasteiger charge is -2.30. The molecule has 0 aliphatic rings. The fraction of sp³-hybridized carbons (Fsp3) is 0.857. The van der Waals surface area contributed by atoms with Crippen molar-refractivity contribution in [3.63, 3.8) is 0 Å². The third-order valence-corrected chi connectivity index (χ3v) is 13.3. The van der Waals surface area contributed by atoms with Gasteiger partial charge < -0.3 is 28.5 Å². The Morgan fingerprint density at radius 2 is 0.970 bits per heavy atom. The minimum atomic E-state index is -4.69. The molecule has 3 atom stereocenters. The molecule has 66 heavy (non-hydrogen) atoms. The highest BCUT2D eigenvalue weighted by Crippen LogP contribution is 2.38. The Hall–Kier alpha value is -1.77. The number of rotatable bonds is 50. The van der Waals surface area contributed by atoms with Crippen molar-refractivity contribution in [1.82, 2.24) is 5.32 Å². The first-order chi connectivity index (χ1) is 31.9. The van der Waals surface area contributed by atoms with Crippen LogP contribution in [0.15, 0.2) is 36.5 Å². The number of hydrogen-bond acceptors (Lipinski definition) is 7. The van der Waals surface area contributed by atoms with Gasteiger partial charge in [0, 0.05) is 12.8 Å². The van der Waals surface area contributed by atoms with Gasteiger partial charge in [-0.15, -0.1) is 0 Å². The van der Waals surface area contributed by atoms with Gasteiger partial charge in [0.05, 0.1) is 33.8 Å². The summed E-state index contributed by atoms with van der Waals surface area (Å²) in [5.41, 5.74) is 0. The van der Waals surface area contributed by atoms with Crippen LogP contribution in [0.2, 0.25) is 0 Å². The van der Waals surface area contributed by atoms with Gasteiger partial charge in [-0.25, -0.2) is 0 Å². The average molecular weight is 951 g/mol. The number of carbonyl (C=O) groups is 2. The number of hydrogen-bond donors (Lipinski definition) is 1. The molecule has 0 aromatic rings. The van der Waals surface area contributed by atoms with E-state index < -0.39 is 20.0 Å². The van der Waals surface area contributed by atoms with Crippen molar-refractivity contribution in [2.45, 2.75) is 270 Å². The number of ether oxygens (including phenoxy) is 1. The van der Waals surface area contributed by atoms with E-state index in [-0.39, 0.29) is 31.5 Å². The molecule has 0 aromatic heterocycles. The van der Waals surface area contributed by atoms with Crippen LogP contribution in [0, 0.1) is 0 Å². The van der Waals surface area contributed by atoms with Crippen LogP contribution < -0.4 is 10.2 Å². The molecule has 1 N–H and O–H groups in total. The van der Waals surface area contributed by atoms with Crippen LogP contribution in [0.3, 0.4) is 0 Å². The van der Waals surface area contributed by atoms with Gasteiger partial charge in [-0.3, -0.25) is 14.2 Å². The number of quaternary nitrogens is 1. The molecule has 9 nitrogen and oxygen atoms in total. The van der Waals surface area contributed by atoms with Gasteiger partial charge in [0.1, 0.15) is 19.3 Å². The van der Waals surface area contributed by atoms with Gasteiger partial charge in [0.15, 0.2) is 0 Å². The van der Waals surface area contributed by atoms with E-state index in [0.717, 1.165) is 83.5 Å². The molecular weight excluding hydrogens is 844 g/mol. The second-order valence-electron chi connectivity index (χ2n) is 20.1. The molecule has 0 rings (SSSR count). The Morgan fingerprint density at radius 3 is 1.44 bits per heavy atom. The standard InChI is InChI=1S/C56H107N2O7P/c1-7-10-13-16-19-22-25-27-29-30-33-36-39-42-45-48-55(59)57-53(52-64-66(61,62)63-51-50-58(4,5)6)54(47-44-41-38-35-32-24-21-18-15-12-9-3)65-56(60)49-46-43-40-37-34-31-28-26-23-20-17-14-11-8-2/h11,14,20,23,44,47,53-54H,7-10,12-13,15-19,21-22,24-43,45-46,48-52H2,1-6H3,(H-,57,59,61,62)/b14-11+,23-20+,47-44+. The zero-order valence-electron chi connectivity index (χ0n) is 44.2. The monoisotopic (exact) mass is 951 g/mol. The molecule has 10 heteroatoms. The zero-order chi connectivity index (χ0) is 48.7. The lowest BCUT2D eigenvalue weighted by molar-refractivity contribution is -0.870. The Labute approximate surface area is 408 Å². The molecule has 0 fully saturated rings. The third kappa shape index (κ3) is 47.3. The van der Waals surface area contributed by atoms with Crippen molar-refractivity contribution in [1.29, 1.82) is 0 Å². The first-order valence-electron chi connectivity index (χ1n) is 27.8. The number of amides is 1. The maximum atomic E-state index is 13.4. The van der Waals surface area contributed by atoms with E-state index in [4.69, 9.17) is 13.8 Å². The van der Waals surface area contributed by atoms with Gasteiger partial charge in [-0.05, 0) is 57.4 Å². The van der Waals surface area contributed by atoms with Crippen molar-refractivity contribution in [2.75, 3.05) is 40.9 Å². The maximum Gasteiger partial charge on any atom is 0.306 e. The molecule has 0 heterocycles. The second-order valence-corrected chi connectivity index (χ2v) is 21.5. The van der Waals surface area contributed by atoms with Crippen molar-refractivity contribution in [3.05, 3.63) is 36.5 Å². The number of allylic oxidation sites excluding steroid dienone is 5. The van der Waals surface area contributed by atoms with Crippen LogP contribution in [0.4, 0.5) is 0 Å². The fourth-order valence-corrected chi connectivity index (χ4v) is 8.75. The molecular formula is C56H107N2O7P. The van der Waals surface area contributed by atoms with Crippen LogP contribution in [0.25, 0.3) is 0 Å². The first kappa shape index (κ1) is 64.2. The minimum absolute atomic E-state index is 0.0217. The number of carbonyl (C=O) groups excluding carboxylic acids is 2. The number of likely N-dealkylation sites (N-methyl/N-ethyl adjacent to an activating group) is 1. The highest BCUT2D eigenvalue weighted by Gasteiger charge is 2.27. The number of phosphoric ester groups is 1. The molecule has 0 aliphatic carbocycles. The third-order valence-electron chi connectivity index (χ3n) is 12.3. The smallest absolute Gasteiger partial charge is 0.306 e. The Balaban J connectivity index is 5.34. The largest absolute Gasteiger partial charge is 0.756 e. The maximum absolute atomic E-state index is 13.4. The summed E-state index contributed by atoms with van der Waals surface area (Å²) in [6, 6.07) is -0.885. The van der Waals surface area contributed by atoms with Gasteiger partial charge in [0.2, 0.25) is 5.91 Å². The van der Waals surface area contributed by atoms with Gasteiger partial charge in [0.25, 0.3) is 7.82 Å². The van der Waals surface area contributed by atoms with E-state index >= 15 is 0 Å². The lowest BCUT2D eigenvalue weighted by Crippen LogP contribution is -2.47. The summed E-state index contributed by atoms with van der Waals surface area (Å²) in [4.78, 5) is 39.7. The summed E-state index contributed by atoms with van der Waals surface area (Å²) >= 11 is 0. The normalized spacial score (nSPS) is 14.1. The van der Waals surface area contributed by atoms with Crippen molar-refractivity contribution in [3.8, 4) is 0 Å². The summed E-state index contributed by atoms with van der Waals surface area (Å²) in [5, 5.41) is 3.02. The highest BCUT2D eigenvalue weighted by atomic mass is 31.2. The van der Waals surface area contributed by atoms with Crippen LogP contribution in [0.1, 0.15) is 258 Å². The van der Waals surface area contributed by atoms with Crippen LogP contribution >= 0.6 is 7.82 Å².